The van der Waals surface area contributed by atoms with Crippen LogP contribution in [0.4, 0.5) is 13.2 Å². The number of hydrogen-bond donors (Lipinski definition) is 0. The first-order chi connectivity index (χ1) is 7.50. The van der Waals surface area contributed by atoms with Crippen LogP contribution < -0.4 is 0 Å². The molecule has 1 aromatic carbocycles. The zero-order valence-electron chi connectivity index (χ0n) is 8.92. The largest absolute Gasteiger partial charge is 0.333 e. The molecule has 0 aliphatic rings. The first-order valence-electron chi connectivity index (χ1n) is 4.95. The lowest BCUT2D eigenvalue weighted by Gasteiger charge is -2.08. The van der Waals surface area contributed by atoms with Gasteiger partial charge in [-0.1, -0.05) is 13.8 Å². The number of halogens is 3. The third-order valence-electron chi connectivity index (χ3n) is 2.52. The molecule has 0 bridgehead atoms. The van der Waals surface area contributed by atoms with Crippen LogP contribution in [0.5, 0.6) is 0 Å². The number of nitrogens with zero attached hydrogens (tertiary/aromatic N) is 2. The van der Waals surface area contributed by atoms with E-state index in [1.54, 1.807) is 0 Å². The molecular formula is C11H11F3N2. The van der Waals surface area contributed by atoms with E-state index in [4.69, 9.17) is 0 Å². The number of hydrogen-bond acceptors (Lipinski definition) is 1. The van der Waals surface area contributed by atoms with E-state index in [9.17, 15) is 13.2 Å². The smallest absolute Gasteiger partial charge is 0.207 e. The van der Waals surface area contributed by atoms with Gasteiger partial charge < -0.3 is 0 Å². The van der Waals surface area contributed by atoms with Crippen molar-refractivity contribution in [3.63, 3.8) is 0 Å². The fourth-order valence-electron chi connectivity index (χ4n) is 1.68. The maximum absolute atomic E-state index is 13.6. The summed E-state index contributed by atoms with van der Waals surface area (Å²) in [6, 6.07) is 2.69. The molecule has 0 N–H and O–H groups in total. The van der Waals surface area contributed by atoms with Crippen LogP contribution in [-0.4, -0.2) is 9.78 Å². The number of aromatic nitrogens is 2. The molecule has 0 aliphatic carbocycles. The second-order valence-electron chi connectivity index (χ2n) is 3.95. The van der Waals surface area contributed by atoms with Gasteiger partial charge in [0.15, 0.2) is 0 Å². The van der Waals surface area contributed by atoms with Gasteiger partial charge in [0, 0.05) is 5.39 Å². The third kappa shape index (κ3) is 1.66. The Hall–Kier alpha value is -1.52. The molecule has 1 aromatic heterocycles. The molecule has 16 heavy (non-hydrogen) atoms. The number of rotatable bonds is 2. The molecule has 0 aliphatic heterocycles. The van der Waals surface area contributed by atoms with E-state index < -0.39 is 6.55 Å². The zero-order chi connectivity index (χ0) is 11.9. The van der Waals surface area contributed by atoms with Gasteiger partial charge in [0.2, 0.25) is 0 Å². The highest BCUT2D eigenvalue weighted by Crippen LogP contribution is 2.26. The van der Waals surface area contributed by atoms with Crippen molar-refractivity contribution < 1.29 is 13.2 Å². The van der Waals surface area contributed by atoms with Crippen LogP contribution in [0.25, 0.3) is 10.9 Å². The summed E-state index contributed by atoms with van der Waals surface area (Å²) < 4.78 is 39.3. The summed E-state index contributed by atoms with van der Waals surface area (Å²) in [6.07, 6.45) is 1.24. The Balaban J connectivity index is 2.69. The molecule has 0 saturated heterocycles. The summed E-state index contributed by atoms with van der Waals surface area (Å²) in [5.41, 5.74) is 0.690. The van der Waals surface area contributed by atoms with Crippen LogP contribution in [0.2, 0.25) is 0 Å². The van der Waals surface area contributed by atoms with Crippen molar-refractivity contribution in [2.24, 2.45) is 0 Å². The highest BCUT2D eigenvalue weighted by molar-refractivity contribution is 5.79. The molecule has 1 heterocycles. The van der Waals surface area contributed by atoms with Gasteiger partial charge in [0.05, 0.1) is 11.7 Å². The molecule has 0 saturated carbocycles. The average molecular weight is 228 g/mol. The highest BCUT2D eigenvalue weighted by atomic mass is 19.3. The van der Waals surface area contributed by atoms with Crippen LogP contribution in [0.15, 0.2) is 18.3 Å². The van der Waals surface area contributed by atoms with E-state index >= 15 is 0 Å². The lowest BCUT2D eigenvalue weighted by Crippen LogP contribution is -2.01. The van der Waals surface area contributed by atoms with E-state index in [1.807, 2.05) is 13.8 Å². The predicted molar refractivity (Wildman–Crippen MR) is 55.0 cm³/mol. The Labute approximate surface area is 90.7 Å². The predicted octanol–water partition coefficient (Wildman–Crippen LogP) is 3.69. The zero-order valence-corrected chi connectivity index (χ0v) is 8.92. The van der Waals surface area contributed by atoms with Crippen LogP contribution in [0, 0.1) is 5.82 Å². The molecule has 2 aromatic rings. The van der Waals surface area contributed by atoms with E-state index in [-0.39, 0.29) is 17.3 Å². The number of alkyl halides is 2. The van der Waals surface area contributed by atoms with Crippen LogP contribution in [-0.2, 0) is 0 Å². The highest BCUT2D eigenvalue weighted by Gasteiger charge is 2.15. The van der Waals surface area contributed by atoms with Crippen molar-refractivity contribution in [1.82, 2.24) is 9.78 Å². The molecule has 2 rings (SSSR count). The molecular weight excluding hydrogens is 217 g/mol. The fourth-order valence-corrected chi connectivity index (χ4v) is 1.68. The van der Waals surface area contributed by atoms with Crippen LogP contribution in [0.1, 0.15) is 31.9 Å². The molecule has 0 radical (unpaired) electrons. The second kappa shape index (κ2) is 3.81. The van der Waals surface area contributed by atoms with Crippen molar-refractivity contribution in [1.29, 1.82) is 0 Å². The van der Waals surface area contributed by atoms with Gasteiger partial charge in [-0.3, -0.25) is 0 Å². The first-order valence-corrected chi connectivity index (χ1v) is 4.95. The van der Waals surface area contributed by atoms with Gasteiger partial charge in [-0.25, -0.2) is 9.07 Å². The van der Waals surface area contributed by atoms with E-state index in [2.05, 4.69) is 5.10 Å². The van der Waals surface area contributed by atoms with Crippen LogP contribution in [0.3, 0.4) is 0 Å². The van der Waals surface area contributed by atoms with Crippen molar-refractivity contribution in [3.05, 3.63) is 29.7 Å². The SMILES string of the molecule is CC(C)c1cc2c(cnn2C(F)F)cc1F. The fraction of sp³-hybridized carbons (Fsp3) is 0.364. The summed E-state index contributed by atoms with van der Waals surface area (Å²) in [7, 11) is 0. The monoisotopic (exact) mass is 228 g/mol. The summed E-state index contributed by atoms with van der Waals surface area (Å²) in [5.74, 6) is -0.429. The number of fused-ring (bicyclic) bond motifs is 1. The topological polar surface area (TPSA) is 17.8 Å². The van der Waals surface area contributed by atoms with Gasteiger partial charge in [-0.15, -0.1) is 0 Å². The minimum atomic E-state index is -2.71. The standard InChI is InChI=1S/C11H11F3N2/c1-6(2)8-4-10-7(3-9(8)12)5-15-16(10)11(13)14/h3-6,11H,1-2H3. The van der Waals surface area contributed by atoms with Gasteiger partial charge in [0.1, 0.15) is 5.82 Å². The van der Waals surface area contributed by atoms with Crippen molar-refractivity contribution >= 4 is 10.9 Å². The van der Waals surface area contributed by atoms with Gasteiger partial charge >= 0.3 is 6.55 Å². The molecule has 0 fully saturated rings. The molecule has 0 spiro atoms. The molecule has 5 heteroatoms. The molecule has 2 nitrogen and oxygen atoms in total. The summed E-state index contributed by atoms with van der Waals surface area (Å²) in [4.78, 5) is 0. The van der Waals surface area contributed by atoms with Crippen molar-refractivity contribution in [3.8, 4) is 0 Å². The Morgan fingerprint density at radius 2 is 1.94 bits per heavy atom. The summed E-state index contributed by atoms with van der Waals surface area (Å²) in [6.45, 7) is 0.920. The maximum atomic E-state index is 13.6. The Bertz CT molecular complexity index is 517. The van der Waals surface area contributed by atoms with E-state index in [1.165, 1.54) is 18.3 Å². The number of benzene rings is 1. The normalized spacial score (nSPS) is 11.9. The molecule has 0 unspecified atom stereocenters. The molecule has 0 amide bonds. The molecule has 0 atom stereocenters. The lowest BCUT2D eigenvalue weighted by molar-refractivity contribution is 0.0615. The van der Waals surface area contributed by atoms with E-state index in [0.29, 0.717) is 15.6 Å². The Kier molecular flexibility index (Phi) is 2.61. The van der Waals surface area contributed by atoms with Crippen molar-refractivity contribution in [2.45, 2.75) is 26.3 Å². The first kappa shape index (κ1) is 11.0. The third-order valence-corrected chi connectivity index (χ3v) is 2.52. The van der Waals surface area contributed by atoms with Gasteiger partial charge in [-0.05, 0) is 23.6 Å². The molecule has 86 valence electrons. The van der Waals surface area contributed by atoms with Crippen molar-refractivity contribution in [2.75, 3.05) is 0 Å². The van der Waals surface area contributed by atoms with Gasteiger partial charge in [0.25, 0.3) is 0 Å². The minimum absolute atomic E-state index is 0.0505. The summed E-state index contributed by atoms with van der Waals surface area (Å²) in [5, 5.41) is 3.93. The lowest BCUT2D eigenvalue weighted by atomic mass is 10.0. The van der Waals surface area contributed by atoms with E-state index in [0.717, 1.165) is 0 Å². The van der Waals surface area contributed by atoms with Gasteiger partial charge in [-0.2, -0.15) is 13.9 Å². The maximum Gasteiger partial charge on any atom is 0.333 e. The Morgan fingerprint density at radius 3 is 2.50 bits per heavy atom. The quantitative estimate of drug-likeness (QED) is 0.766. The summed E-state index contributed by atoms with van der Waals surface area (Å²) >= 11 is 0. The minimum Gasteiger partial charge on any atom is -0.207 e. The van der Waals surface area contributed by atoms with Crippen LogP contribution >= 0.6 is 0 Å². The second-order valence-corrected chi connectivity index (χ2v) is 3.95. The Morgan fingerprint density at radius 1 is 1.25 bits per heavy atom. The average Bonchev–Trinajstić information content (AvgIpc) is 2.58.